The van der Waals surface area contributed by atoms with Crippen LogP contribution in [0.4, 0.5) is 20.6 Å². The van der Waals surface area contributed by atoms with Crippen molar-refractivity contribution >= 4 is 23.4 Å². The number of hydrogen-bond acceptors (Lipinski definition) is 4. The number of cyclic esters (lactones) is 1. The van der Waals surface area contributed by atoms with Gasteiger partial charge in [0.2, 0.25) is 5.91 Å². The molecule has 7 heteroatoms. The van der Waals surface area contributed by atoms with Crippen LogP contribution in [0.5, 0.6) is 0 Å². The van der Waals surface area contributed by atoms with Gasteiger partial charge in [0.05, 0.1) is 17.9 Å². The van der Waals surface area contributed by atoms with Crippen LogP contribution in [0, 0.1) is 5.82 Å². The smallest absolute Gasteiger partial charge is 0.416 e. The number of amides is 2. The first-order valence-electron chi connectivity index (χ1n) is 5.66. The molecule has 102 valence electrons. The van der Waals surface area contributed by atoms with Crippen LogP contribution in [0.15, 0.2) is 18.2 Å². The zero-order chi connectivity index (χ0) is 14.2. The fraction of sp³-hybridized carbons (Fsp3) is 0.333. The van der Waals surface area contributed by atoms with Crippen molar-refractivity contribution in [3.63, 3.8) is 0 Å². The molecule has 0 radical (unpaired) electrons. The number of carbonyl (C=O) groups is 2. The number of nitrogens with two attached hydrogens (primary N) is 1. The van der Waals surface area contributed by atoms with E-state index in [1.165, 1.54) is 35.9 Å². The summed E-state index contributed by atoms with van der Waals surface area (Å²) < 4.78 is 18.4. The number of carbonyl (C=O) groups excluding carboxylic acids is 2. The molecule has 1 fully saturated rings. The third-order valence-electron chi connectivity index (χ3n) is 3.02. The summed E-state index contributed by atoms with van der Waals surface area (Å²) >= 11 is 0. The van der Waals surface area contributed by atoms with Gasteiger partial charge in [0.15, 0.2) is 6.23 Å². The molecule has 0 aromatic heterocycles. The van der Waals surface area contributed by atoms with Gasteiger partial charge in [-0.3, -0.25) is 9.69 Å². The first kappa shape index (κ1) is 13.1. The molecule has 1 aliphatic rings. The average Bonchev–Trinajstić information content (AvgIpc) is 2.73. The zero-order valence-corrected chi connectivity index (χ0v) is 10.6. The minimum Gasteiger partial charge on any atom is -0.423 e. The van der Waals surface area contributed by atoms with Crippen LogP contribution in [0.2, 0.25) is 0 Å². The Morgan fingerprint density at radius 1 is 1.58 bits per heavy atom. The minimum absolute atomic E-state index is 0.00807. The molecule has 0 saturated carbocycles. The number of halogens is 1. The molecule has 6 nitrogen and oxygen atoms in total. The quantitative estimate of drug-likeness (QED) is 0.816. The number of ether oxygens (including phenoxy) is 1. The lowest BCUT2D eigenvalue weighted by molar-refractivity contribution is -0.134. The SMILES string of the molecule is CC(=O)N(C)C1CN(c2ccc(N)c(F)c2)C(=O)O1. The highest BCUT2D eigenvalue weighted by atomic mass is 19.1. The number of likely N-dealkylation sites (N-methyl/N-ethyl adjacent to an activating group) is 1. The first-order chi connectivity index (χ1) is 8.90. The molecule has 0 spiro atoms. The number of nitrogen functional groups attached to an aromatic ring is 1. The highest BCUT2D eigenvalue weighted by molar-refractivity contribution is 5.90. The first-order valence-corrected chi connectivity index (χ1v) is 5.66. The summed E-state index contributed by atoms with van der Waals surface area (Å²) in [7, 11) is 1.54. The van der Waals surface area contributed by atoms with E-state index in [-0.39, 0.29) is 18.1 Å². The third kappa shape index (κ3) is 2.44. The lowest BCUT2D eigenvalue weighted by atomic mass is 10.2. The monoisotopic (exact) mass is 267 g/mol. The van der Waals surface area contributed by atoms with E-state index in [1.807, 2.05) is 0 Å². The normalized spacial score (nSPS) is 18.4. The summed E-state index contributed by atoms with van der Waals surface area (Å²) in [6, 6.07) is 4.06. The largest absolute Gasteiger partial charge is 0.423 e. The predicted molar refractivity (Wildman–Crippen MR) is 66.9 cm³/mol. The molecule has 19 heavy (non-hydrogen) atoms. The van der Waals surface area contributed by atoms with E-state index in [2.05, 4.69) is 0 Å². The van der Waals surface area contributed by atoms with Crippen LogP contribution in [0.1, 0.15) is 6.92 Å². The summed E-state index contributed by atoms with van der Waals surface area (Å²) in [5, 5.41) is 0. The molecule has 1 aliphatic heterocycles. The van der Waals surface area contributed by atoms with Gasteiger partial charge in [-0.2, -0.15) is 0 Å². The van der Waals surface area contributed by atoms with Crippen molar-refractivity contribution in [1.82, 2.24) is 4.90 Å². The van der Waals surface area contributed by atoms with Crippen molar-refractivity contribution in [2.45, 2.75) is 13.2 Å². The van der Waals surface area contributed by atoms with Crippen LogP contribution in [-0.4, -0.2) is 36.7 Å². The summed E-state index contributed by atoms with van der Waals surface area (Å²) in [4.78, 5) is 25.5. The Kier molecular flexibility index (Phi) is 3.28. The molecular weight excluding hydrogens is 253 g/mol. The second-order valence-electron chi connectivity index (χ2n) is 4.28. The number of anilines is 2. The Bertz CT molecular complexity index is 535. The molecule has 1 aromatic rings. The van der Waals surface area contributed by atoms with Crippen molar-refractivity contribution in [3.8, 4) is 0 Å². The second kappa shape index (κ2) is 4.75. The molecular formula is C12H14FN3O3. The van der Waals surface area contributed by atoms with Crippen molar-refractivity contribution in [2.75, 3.05) is 24.2 Å². The molecule has 1 unspecified atom stereocenters. The molecule has 0 aliphatic carbocycles. The molecule has 1 atom stereocenters. The van der Waals surface area contributed by atoms with Crippen molar-refractivity contribution in [3.05, 3.63) is 24.0 Å². The number of hydrogen-bond donors (Lipinski definition) is 1. The molecule has 1 heterocycles. The molecule has 2 amide bonds. The van der Waals surface area contributed by atoms with Gasteiger partial charge < -0.3 is 15.4 Å². The van der Waals surface area contributed by atoms with Crippen molar-refractivity contribution in [1.29, 1.82) is 0 Å². The lowest BCUT2D eigenvalue weighted by Gasteiger charge is -2.20. The molecule has 1 saturated heterocycles. The number of nitrogens with zero attached hydrogens (tertiary/aromatic N) is 2. The summed E-state index contributed by atoms with van der Waals surface area (Å²) in [5.74, 6) is -0.822. The number of benzene rings is 1. The van der Waals surface area contributed by atoms with E-state index in [9.17, 15) is 14.0 Å². The standard InChI is InChI=1S/C12H14FN3O3/c1-7(17)15(2)11-6-16(12(18)19-11)8-3-4-10(14)9(13)5-8/h3-5,11H,6,14H2,1-2H3. The maximum atomic E-state index is 13.4. The Hall–Kier alpha value is -2.31. The molecule has 2 rings (SSSR count). The van der Waals surface area contributed by atoms with Crippen LogP contribution in [-0.2, 0) is 9.53 Å². The topological polar surface area (TPSA) is 75.9 Å². The molecule has 0 bridgehead atoms. The highest BCUT2D eigenvalue weighted by Gasteiger charge is 2.35. The zero-order valence-electron chi connectivity index (χ0n) is 10.6. The van der Waals surface area contributed by atoms with Gasteiger partial charge in [0, 0.05) is 14.0 Å². The van der Waals surface area contributed by atoms with Gasteiger partial charge in [-0.15, -0.1) is 0 Å². The van der Waals surface area contributed by atoms with Gasteiger partial charge in [-0.05, 0) is 18.2 Å². The minimum atomic E-state index is -0.675. The maximum absolute atomic E-state index is 13.4. The van der Waals surface area contributed by atoms with E-state index in [0.29, 0.717) is 5.69 Å². The predicted octanol–water partition coefficient (Wildman–Crippen LogP) is 1.17. The van der Waals surface area contributed by atoms with Crippen LogP contribution < -0.4 is 10.6 Å². The van der Waals surface area contributed by atoms with E-state index in [4.69, 9.17) is 10.5 Å². The Morgan fingerprint density at radius 3 is 2.84 bits per heavy atom. The summed E-state index contributed by atoms with van der Waals surface area (Å²) in [5.41, 5.74) is 5.73. The van der Waals surface area contributed by atoms with Gasteiger partial charge >= 0.3 is 6.09 Å². The Balaban J connectivity index is 2.20. The van der Waals surface area contributed by atoms with Gasteiger partial charge in [0.1, 0.15) is 5.82 Å². The van der Waals surface area contributed by atoms with Crippen molar-refractivity contribution < 1.29 is 18.7 Å². The fourth-order valence-electron chi connectivity index (χ4n) is 1.75. The fourth-order valence-corrected chi connectivity index (χ4v) is 1.75. The van der Waals surface area contributed by atoms with Crippen molar-refractivity contribution in [2.24, 2.45) is 0 Å². The average molecular weight is 267 g/mol. The van der Waals surface area contributed by atoms with Crippen LogP contribution in [0.25, 0.3) is 0 Å². The van der Waals surface area contributed by atoms with Crippen LogP contribution >= 0.6 is 0 Å². The van der Waals surface area contributed by atoms with E-state index >= 15 is 0 Å². The van der Waals surface area contributed by atoms with Gasteiger partial charge in [-0.25, -0.2) is 9.18 Å². The lowest BCUT2D eigenvalue weighted by Crippen LogP contribution is -2.38. The Labute approximate surface area is 109 Å². The highest BCUT2D eigenvalue weighted by Crippen LogP contribution is 2.25. The van der Waals surface area contributed by atoms with Crippen LogP contribution in [0.3, 0.4) is 0 Å². The van der Waals surface area contributed by atoms with E-state index in [1.54, 1.807) is 0 Å². The summed E-state index contributed by atoms with van der Waals surface area (Å²) in [6.45, 7) is 1.53. The van der Waals surface area contributed by atoms with E-state index in [0.717, 1.165) is 6.07 Å². The van der Waals surface area contributed by atoms with E-state index < -0.39 is 18.1 Å². The summed E-state index contributed by atoms with van der Waals surface area (Å²) in [6.07, 6.45) is -1.30. The van der Waals surface area contributed by atoms with Gasteiger partial charge in [-0.1, -0.05) is 0 Å². The molecule has 1 aromatic carbocycles. The molecule has 2 N–H and O–H groups in total. The number of rotatable bonds is 2. The van der Waals surface area contributed by atoms with Gasteiger partial charge in [0.25, 0.3) is 0 Å². The second-order valence-corrected chi connectivity index (χ2v) is 4.28. The third-order valence-corrected chi connectivity index (χ3v) is 3.02. The Morgan fingerprint density at radius 2 is 2.26 bits per heavy atom. The maximum Gasteiger partial charge on any atom is 0.416 e.